The van der Waals surface area contributed by atoms with Gasteiger partial charge in [-0.2, -0.15) is 0 Å². The lowest BCUT2D eigenvalue weighted by atomic mass is 10.0. The molecule has 1 fully saturated rings. The first-order chi connectivity index (χ1) is 13.6. The highest BCUT2D eigenvalue weighted by molar-refractivity contribution is 6.30. The first-order valence-electron chi connectivity index (χ1n) is 9.31. The van der Waals surface area contributed by atoms with E-state index in [9.17, 15) is 4.79 Å². The predicted octanol–water partition coefficient (Wildman–Crippen LogP) is 4.20. The Morgan fingerprint density at radius 3 is 2.38 bits per heavy atom. The number of piperazine rings is 1. The molecule has 6 nitrogen and oxygen atoms in total. The summed E-state index contributed by atoms with van der Waals surface area (Å²) in [6, 6.07) is 13.5. The summed E-state index contributed by atoms with van der Waals surface area (Å²) < 4.78 is 1.62. The van der Waals surface area contributed by atoms with E-state index in [-0.39, 0.29) is 61.2 Å². The van der Waals surface area contributed by atoms with Crippen molar-refractivity contribution in [2.24, 2.45) is 7.05 Å². The van der Waals surface area contributed by atoms with Crippen LogP contribution in [0.15, 0.2) is 59.7 Å². The molecule has 0 amide bonds. The van der Waals surface area contributed by atoms with Gasteiger partial charge in [-0.3, -0.25) is 14.3 Å². The summed E-state index contributed by atoms with van der Waals surface area (Å²) in [7, 11) is 1.78. The van der Waals surface area contributed by atoms with Gasteiger partial charge in [0.2, 0.25) is 5.95 Å². The Kier molecular flexibility index (Phi) is 13.2. The van der Waals surface area contributed by atoms with E-state index in [4.69, 9.17) is 16.6 Å². The molecule has 1 aliphatic heterocycles. The van der Waals surface area contributed by atoms with Gasteiger partial charge < -0.3 is 10.2 Å². The summed E-state index contributed by atoms with van der Waals surface area (Å²) in [6.07, 6.45) is 4.31. The van der Waals surface area contributed by atoms with Gasteiger partial charge in [-0.05, 0) is 36.2 Å². The van der Waals surface area contributed by atoms with E-state index in [1.165, 1.54) is 5.56 Å². The highest BCUT2D eigenvalue weighted by Gasteiger charge is 2.23. The quantitative estimate of drug-likeness (QED) is 0.537. The first kappa shape index (κ1) is 30.5. The third kappa shape index (κ3) is 7.24. The van der Waals surface area contributed by atoms with Gasteiger partial charge in [0.1, 0.15) is 0 Å². The van der Waals surface area contributed by atoms with E-state index >= 15 is 0 Å². The molecule has 0 aliphatic carbocycles. The second-order valence-corrected chi connectivity index (χ2v) is 7.44. The molecule has 3 aromatic rings. The molecule has 32 heavy (non-hydrogen) atoms. The fourth-order valence-corrected chi connectivity index (χ4v) is 3.66. The minimum atomic E-state index is -0.0652. The number of halogens is 5. The van der Waals surface area contributed by atoms with Crippen molar-refractivity contribution in [2.75, 3.05) is 24.5 Å². The number of aromatic nitrogens is 3. The SMILES string of the molecule is Cl.Cl.Cl.Cl.Cn1c(N2CCNC(Cc3ccc(Cl)cc3)C2)nc(-c2ccncc2)cc1=O. The Balaban J connectivity index is 0.00000240. The molecule has 0 saturated carbocycles. The van der Waals surface area contributed by atoms with Gasteiger partial charge in [0.15, 0.2) is 0 Å². The van der Waals surface area contributed by atoms with Crippen molar-refractivity contribution >= 4 is 67.2 Å². The molecule has 176 valence electrons. The van der Waals surface area contributed by atoms with E-state index in [0.717, 1.165) is 36.6 Å². The van der Waals surface area contributed by atoms with Crippen LogP contribution in [0.1, 0.15) is 5.56 Å². The molecule has 0 spiro atoms. The molecule has 1 aliphatic rings. The van der Waals surface area contributed by atoms with E-state index in [2.05, 4.69) is 27.3 Å². The summed E-state index contributed by atoms with van der Waals surface area (Å²) >= 11 is 5.99. The minimum absolute atomic E-state index is 0. The third-order valence-electron chi connectivity index (χ3n) is 5.02. The summed E-state index contributed by atoms with van der Waals surface area (Å²) in [4.78, 5) is 23.6. The number of nitrogens with zero attached hydrogens (tertiary/aromatic N) is 4. The van der Waals surface area contributed by atoms with Crippen LogP contribution < -0.4 is 15.8 Å². The Morgan fingerprint density at radius 1 is 1.06 bits per heavy atom. The maximum atomic E-state index is 12.5. The maximum Gasteiger partial charge on any atom is 0.255 e. The van der Waals surface area contributed by atoms with Gasteiger partial charge in [0.05, 0.1) is 5.69 Å². The third-order valence-corrected chi connectivity index (χ3v) is 5.27. The smallest absolute Gasteiger partial charge is 0.255 e. The van der Waals surface area contributed by atoms with Gasteiger partial charge in [0, 0.05) is 61.8 Å². The Bertz CT molecular complexity index is 1020. The molecular weight excluding hydrogens is 516 g/mol. The lowest BCUT2D eigenvalue weighted by Gasteiger charge is -2.35. The van der Waals surface area contributed by atoms with Gasteiger partial charge in [-0.15, -0.1) is 49.6 Å². The number of hydrogen-bond donors (Lipinski definition) is 1. The molecule has 1 atom stereocenters. The number of benzene rings is 1. The molecule has 1 aromatic carbocycles. The zero-order chi connectivity index (χ0) is 19.5. The van der Waals surface area contributed by atoms with Crippen molar-refractivity contribution in [2.45, 2.75) is 12.5 Å². The average Bonchev–Trinajstić information content (AvgIpc) is 2.72. The molecule has 0 radical (unpaired) electrons. The number of rotatable bonds is 4. The second kappa shape index (κ2) is 13.9. The van der Waals surface area contributed by atoms with Crippen molar-refractivity contribution in [3.05, 3.63) is 75.8 Å². The summed E-state index contributed by atoms with van der Waals surface area (Å²) in [5.41, 5.74) is 2.73. The fraction of sp³-hybridized carbons (Fsp3) is 0.286. The summed E-state index contributed by atoms with van der Waals surface area (Å²) in [5, 5.41) is 4.31. The number of pyridine rings is 1. The Morgan fingerprint density at radius 2 is 1.72 bits per heavy atom. The number of hydrogen-bond acceptors (Lipinski definition) is 5. The molecule has 1 N–H and O–H groups in total. The van der Waals surface area contributed by atoms with Crippen molar-refractivity contribution in [1.29, 1.82) is 0 Å². The minimum Gasteiger partial charge on any atom is -0.339 e. The van der Waals surface area contributed by atoms with E-state index in [1.807, 2.05) is 24.3 Å². The number of anilines is 1. The zero-order valence-corrected chi connectivity index (χ0v) is 21.3. The lowest BCUT2D eigenvalue weighted by Crippen LogP contribution is -2.53. The highest BCUT2D eigenvalue weighted by Crippen LogP contribution is 2.20. The molecule has 0 bridgehead atoms. The predicted molar refractivity (Wildman–Crippen MR) is 141 cm³/mol. The van der Waals surface area contributed by atoms with Crippen LogP contribution in [0.3, 0.4) is 0 Å². The van der Waals surface area contributed by atoms with Gasteiger partial charge in [0.25, 0.3) is 5.56 Å². The fourth-order valence-electron chi connectivity index (χ4n) is 3.53. The van der Waals surface area contributed by atoms with Crippen LogP contribution in [0.2, 0.25) is 5.02 Å². The van der Waals surface area contributed by atoms with E-state index < -0.39 is 0 Å². The first-order valence-corrected chi connectivity index (χ1v) is 9.69. The lowest BCUT2D eigenvalue weighted by molar-refractivity contribution is 0.446. The van der Waals surface area contributed by atoms with Crippen LogP contribution >= 0.6 is 61.2 Å². The summed E-state index contributed by atoms with van der Waals surface area (Å²) in [5.74, 6) is 0.696. The van der Waals surface area contributed by atoms with Gasteiger partial charge in [-0.1, -0.05) is 23.7 Å². The van der Waals surface area contributed by atoms with Crippen molar-refractivity contribution in [1.82, 2.24) is 19.9 Å². The molecular formula is C21H26Cl5N5O. The Hall–Kier alpha value is -1.54. The van der Waals surface area contributed by atoms with E-state index in [1.54, 1.807) is 30.1 Å². The van der Waals surface area contributed by atoms with Crippen LogP contribution in [-0.4, -0.2) is 40.2 Å². The standard InChI is InChI=1S/C21H22ClN5O.4ClH/c1-26-20(28)13-19(16-6-8-23-9-7-16)25-21(26)27-11-10-24-18(14-27)12-15-2-4-17(22)5-3-15;;;;/h2-9,13,18,24H,10-12,14H2,1H3;4*1H. The van der Waals surface area contributed by atoms with Gasteiger partial charge >= 0.3 is 0 Å². The van der Waals surface area contributed by atoms with Crippen LogP contribution in [0.4, 0.5) is 5.95 Å². The molecule has 4 rings (SSSR count). The van der Waals surface area contributed by atoms with Crippen LogP contribution in [-0.2, 0) is 13.5 Å². The van der Waals surface area contributed by atoms with E-state index in [0.29, 0.717) is 11.6 Å². The molecule has 3 heterocycles. The maximum absolute atomic E-state index is 12.5. The van der Waals surface area contributed by atoms with Crippen molar-refractivity contribution in [3.63, 3.8) is 0 Å². The molecule has 11 heteroatoms. The largest absolute Gasteiger partial charge is 0.339 e. The van der Waals surface area contributed by atoms with Crippen LogP contribution in [0.25, 0.3) is 11.3 Å². The second-order valence-electron chi connectivity index (χ2n) is 7.00. The van der Waals surface area contributed by atoms with Crippen LogP contribution in [0, 0.1) is 0 Å². The summed E-state index contributed by atoms with van der Waals surface area (Å²) in [6.45, 7) is 2.42. The van der Waals surface area contributed by atoms with Crippen molar-refractivity contribution < 1.29 is 0 Å². The number of nitrogens with one attached hydrogen (secondary N) is 1. The normalized spacial score (nSPS) is 14.8. The molecule has 1 saturated heterocycles. The topological polar surface area (TPSA) is 63.1 Å². The van der Waals surface area contributed by atoms with Crippen LogP contribution in [0.5, 0.6) is 0 Å². The highest BCUT2D eigenvalue weighted by atomic mass is 35.5. The monoisotopic (exact) mass is 539 g/mol. The van der Waals surface area contributed by atoms with Crippen molar-refractivity contribution in [3.8, 4) is 11.3 Å². The Labute approximate surface area is 217 Å². The zero-order valence-electron chi connectivity index (χ0n) is 17.3. The molecule has 2 aromatic heterocycles. The average molecular weight is 542 g/mol. The van der Waals surface area contributed by atoms with Gasteiger partial charge in [-0.25, -0.2) is 4.98 Å². The molecule has 1 unspecified atom stereocenters.